The number of rotatable bonds is 13. The number of para-hydroxylation sites is 1. The number of aryl methyl sites for hydroxylation is 2. The van der Waals surface area contributed by atoms with Gasteiger partial charge in [0, 0.05) is 34.9 Å². The predicted molar refractivity (Wildman–Crippen MR) is 221 cm³/mol. The largest absolute Gasteiger partial charge is 0.542 e. The number of fused-ring (bicyclic) bond motifs is 1. The molecule has 358 valence electrons. The molecular formula is C41H53Cl2F6N5O9S. The summed E-state index contributed by atoms with van der Waals surface area (Å²) in [6, 6.07) is 10.6. The molecule has 0 aliphatic carbocycles. The van der Waals surface area contributed by atoms with Gasteiger partial charge in [-0.1, -0.05) is 35.3 Å². The van der Waals surface area contributed by atoms with E-state index in [1.54, 1.807) is 0 Å². The molecule has 0 spiro atoms. The number of nitrogens with zero attached hydrogens (tertiary/aromatic N) is 4. The van der Waals surface area contributed by atoms with Crippen molar-refractivity contribution in [3.63, 3.8) is 0 Å². The van der Waals surface area contributed by atoms with Crippen molar-refractivity contribution >= 4 is 62.0 Å². The van der Waals surface area contributed by atoms with E-state index in [0.29, 0.717) is 29.9 Å². The topological polar surface area (TPSA) is 178 Å². The van der Waals surface area contributed by atoms with E-state index in [-0.39, 0.29) is 53.5 Å². The van der Waals surface area contributed by atoms with Crippen LogP contribution in [0.2, 0.25) is 10.0 Å². The molecule has 2 saturated heterocycles. The number of piperazine rings is 1. The number of carboxylic acid groups (broad SMARTS) is 2. The third kappa shape index (κ3) is 15.6. The van der Waals surface area contributed by atoms with Crippen molar-refractivity contribution in [2.24, 2.45) is 0 Å². The van der Waals surface area contributed by atoms with Crippen LogP contribution in [0.5, 0.6) is 5.75 Å². The van der Waals surface area contributed by atoms with E-state index in [1.807, 2.05) is 43.0 Å². The molecule has 23 heteroatoms. The SMILES string of the molecule is Cc1cc(C)c2cccc(OCc3c(Cl)ccc(S(=O)(=O)NC4(C(=O)N5CC[N+](C)(CCCCC[N+](C)(C)C)CC5)CCOCC4)c3Cl)c2n1.O=C([O-])C(F)(F)F.O=C([O-])C(F)(F)F. The van der Waals surface area contributed by atoms with Crippen LogP contribution in [-0.4, -0.2) is 144 Å². The number of aliphatic carboxylic acids is 2. The number of alkyl halides is 6. The maximum absolute atomic E-state index is 14.3. The number of hydrogen-bond donors (Lipinski definition) is 1. The number of nitrogens with one attached hydrogen (secondary N) is 1. The normalized spacial score (nSPS) is 16.5. The van der Waals surface area contributed by atoms with Crippen molar-refractivity contribution in [3.8, 4) is 5.75 Å². The highest BCUT2D eigenvalue weighted by Crippen LogP contribution is 2.36. The number of quaternary nitrogens is 2. The minimum atomic E-state index is -5.19. The van der Waals surface area contributed by atoms with Crippen LogP contribution in [-0.2, 0) is 35.8 Å². The first-order chi connectivity index (χ1) is 29.4. The Morgan fingerprint density at radius 1 is 0.938 bits per heavy atom. The van der Waals surface area contributed by atoms with Crippen molar-refractivity contribution in [1.82, 2.24) is 14.6 Å². The van der Waals surface area contributed by atoms with Gasteiger partial charge in [0.1, 0.15) is 40.2 Å². The molecule has 2 aliphatic rings. The Hall–Kier alpha value is -3.99. The average Bonchev–Trinajstić information content (AvgIpc) is 3.17. The highest BCUT2D eigenvalue weighted by molar-refractivity contribution is 7.89. The molecule has 0 bridgehead atoms. The van der Waals surface area contributed by atoms with E-state index in [9.17, 15) is 39.6 Å². The highest BCUT2D eigenvalue weighted by Gasteiger charge is 2.47. The smallest absolute Gasteiger partial charge is 0.430 e. The number of likely N-dealkylation sites (N-methyl/N-ethyl adjacent to an activating group) is 1. The number of unbranched alkanes of at least 4 members (excludes halogenated alkanes) is 2. The van der Waals surface area contributed by atoms with Gasteiger partial charge < -0.3 is 43.1 Å². The number of ether oxygens (including phenoxy) is 2. The summed E-state index contributed by atoms with van der Waals surface area (Å²) in [6.45, 7) is 9.45. The number of pyridine rings is 1. The lowest BCUT2D eigenvalue weighted by molar-refractivity contribution is -0.913. The summed E-state index contributed by atoms with van der Waals surface area (Å²) in [4.78, 5) is 38.2. The van der Waals surface area contributed by atoms with Gasteiger partial charge in [-0.25, -0.2) is 13.4 Å². The second kappa shape index (κ2) is 22.0. The zero-order valence-electron chi connectivity index (χ0n) is 36.3. The van der Waals surface area contributed by atoms with Crippen molar-refractivity contribution < 1.29 is 77.8 Å². The zero-order chi connectivity index (χ0) is 48.5. The molecule has 1 N–H and O–H groups in total. The highest BCUT2D eigenvalue weighted by atomic mass is 35.5. The third-order valence-electron chi connectivity index (χ3n) is 10.6. The molecule has 2 aliphatic heterocycles. The van der Waals surface area contributed by atoms with Gasteiger partial charge in [-0.15, -0.1) is 0 Å². The summed E-state index contributed by atoms with van der Waals surface area (Å²) in [6.07, 6.45) is -6.38. The van der Waals surface area contributed by atoms with Crippen LogP contribution in [0.3, 0.4) is 0 Å². The Labute approximate surface area is 378 Å². The second-order valence-electron chi connectivity index (χ2n) is 16.9. The van der Waals surface area contributed by atoms with Crippen molar-refractivity contribution in [2.45, 2.75) is 75.3 Å². The van der Waals surface area contributed by atoms with Crippen LogP contribution in [0.15, 0.2) is 41.3 Å². The van der Waals surface area contributed by atoms with Crippen LogP contribution in [0.4, 0.5) is 26.3 Å². The van der Waals surface area contributed by atoms with Gasteiger partial charge in [0.25, 0.3) is 0 Å². The Morgan fingerprint density at radius 3 is 2.03 bits per heavy atom. The van der Waals surface area contributed by atoms with Crippen LogP contribution < -0.4 is 19.7 Å². The zero-order valence-corrected chi connectivity index (χ0v) is 38.6. The molecule has 14 nitrogen and oxygen atoms in total. The molecule has 0 unspecified atom stereocenters. The van der Waals surface area contributed by atoms with E-state index < -0.39 is 39.9 Å². The van der Waals surface area contributed by atoms with E-state index in [0.717, 1.165) is 58.2 Å². The lowest BCUT2D eigenvalue weighted by Gasteiger charge is -2.45. The average molecular weight is 977 g/mol. The Balaban J connectivity index is 0.000000671. The van der Waals surface area contributed by atoms with E-state index in [2.05, 4.69) is 37.9 Å². The van der Waals surface area contributed by atoms with E-state index in [4.69, 9.17) is 52.5 Å². The van der Waals surface area contributed by atoms with Crippen LogP contribution >= 0.6 is 23.2 Å². The van der Waals surface area contributed by atoms with Gasteiger partial charge in [-0.05, 0) is 75.8 Å². The lowest BCUT2D eigenvalue weighted by Crippen LogP contribution is -2.66. The quantitative estimate of drug-likeness (QED) is 0.147. The molecule has 0 radical (unpaired) electrons. The fourth-order valence-corrected chi connectivity index (χ4v) is 9.37. The lowest BCUT2D eigenvalue weighted by atomic mass is 9.89. The molecule has 64 heavy (non-hydrogen) atoms. The maximum Gasteiger partial charge on any atom is 0.430 e. The summed E-state index contributed by atoms with van der Waals surface area (Å²) < 4.78 is 108. The Morgan fingerprint density at radius 2 is 1.50 bits per heavy atom. The summed E-state index contributed by atoms with van der Waals surface area (Å²) in [5, 5.41) is 18.8. The third-order valence-corrected chi connectivity index (χ3v) is 13.1. The molecule has 3 aromatic rings. The summed E-state index contributed by atoms with van der Waals surface area (Å²) >= 11 is 13.4. The van der Waals surface area contributed by atoms with Gasteiger partial charge in [0.15, 0.2) is 0 Å². The molecule has 3 heterocycles. The van der Waals surface area contributed by atoms with E-state index >= 15 is 0 Å². The van der Waals surface area contributed by atoms with Gasteiger partial charge >= 0.3 is 12.4 Å². The van der Waals surface area contributed by atoms with Gasteiger partial charge in [0.2, 0.25) is 15.9 Å². The van der Waals surface area contributed by atoms with Crippen LogP contribution in [0.25, 0.3) is 10.9 Å². The Bertz CT molecular complexity index is 2200. The van der Waals surface area contributed by atoms with Crippen molar-refractivity contribution in [3.05, 3.63) is 63.3 Å². The van der Waals surface area contributed by atoms with Crippen molar-refractivity contribution in [1.29, 1.82) is 0 Å². The molecule has 1 amide bonds. The Kier molecular flexibility index (Phi) is 18.7. The number of carboxylic acids is 2. The van der Waals surface area contributed by atoms with Gasteiger partial charge in [0.05, 0.1) is 72.5 Å². The number of carbonyl (C=O) groups is 3. The number of amides is 1. The van der Waals surface area contributed by atoms with Gasteiger partial charge in [-0.3, -0.25) is 4.79 Å². The summed E-state index contributed by atoms with van der Waals surface area (Å²) in [5.41, 5.74) is 1.62. The molecule has 2 fully saturated rings. The van der Waals surface area contributed by atoms with Crippen LogP contribution in [0, 0.1) is 13.8 Å². The minimum absolute atomic E-state index is 0.0484. The number of aromatic nitrogens is 1. The molecule has 0 saturated carbocycles. The van der Waals surface area contributed by atoms with Gasteiger partial charge in [-0.2, -0.15) is 31.1 Å². The number of benzene rings is 2. The first-order valence-electron chi connectivity index (χ1n) is 20.0. The number of carbonyl (C=O) groups excluding carboxylic acids is 3. The minimum Gasteiger partial charge on any atom is -0.542 e. The predicted octanol–water partition coefficient (Wildman–Crippen LogP) is 4.33. The first kappa shape index (κ1) is 54.3. The number of hydrogen-bond acceptors (Lipinski definition) is 10. The molecule has 1 aromatic heterocycles. The summed E-state index contributed by atoms with van der Waals surface area (Å²) in [5.74, 6) is -5.68. The fraction of sp³-hybridized carbons (Fsp3) is 0.561. The number of sulfonamides is 1. The van der Waals surface area contributed by atoms with Crippen LogP contribution in [0.1, 0.15) is 48.9 Å². The number of halogens is 8. The second-order valence-corrected chi connectivity index (χ2v) is 19.3. The van der Waals surface area contributed by atoms with E-state index in [1.165, 1.54) is 25.0 Å². The molecule has 2 aromatic carbocycles. The monoisotopic (exact) mass is 975 g/mol. The first-order valence-corrected chi connectivity index (χ1v) is 22.2. The standard InChI is InChI=1S/C37H53Cl2N5O5S.2C2HF3O2/c1-27-25-28(2)40-35-29(27)11-10-12-32(35)49-26-30-31(38)13-14-33(34(30)39)50(46,47)41-37(15-23-48-24-16-37)36(45)42-17-21-44(6,22-18-42)20-9-7-8-19-43(3,4)5;2*3-2(4,5)1(6)7/h10-14,25,41H,7-9,15-24,26H2,1-6H3;2*(H,6,7)/q+2;;/p-2. The fourth-order valence-electron chi connectivity index (χ4n) is 7.06. The molecular weight excluding hydrogens is 923 g/mol. The molecule has 0 atom stereocenters. The molecule has 5 rings (SSSR count). The van der Waals surface area contributed by atoms with Crippen molar-refractivity contribution in [2.75, 3.05) is 80.7 Å². The summed E-state index contributed by atoms with van der Waals surface area (Å²) in [7, 11) is 4.66. The maximum atomic E-state index is 14.3.